The fraction of sp³-hybridized carbons (Fsp3) is 0. The molecule has 2 heteroatoms. The lowest BCUT2D eigenvalue weighted by molar-refractivity contribution is 1.57. The van der Waals surface area contributed by atoms with E-state index in [0.717, 1.165) is 21.3 Å². The minimum absolute atomic E-state index is 0.798. The van der Waals surface area contributed by atoms with Crippen molar-refractivity contribution < 1.29 is 0 Å². The Morgan fingerprint density at radius 3 is 2.00 bits per heavy atom. The number of nitrogen functional groups attached to an aromatic ring is 1. The van der Waals surface area contributed by atoms with E-state index in [2.05, 4.69) is 52.3 Å². The average Bonchev–Trinajstić information content (AvgIpc) is 2.50. The monoisotopic (exact) mass is 323 g/mol. The third-order valence-electron chi connectivity index (χ3n) is 3.32. The molecule has 0 saturated carbocycles. The molecule has 2 N–H and O–H groups in total. The maximum Gasteiger partial charge on any atom is 0.0394 e. The molecule has 0 aliphatic heterocycles. The highest BCUT2D eigenvalue weighted by molar-refractivity contribution is 9.10. The molecule has 0 aromatic heterocycles. The summed E-state index contributed by atoms with van der Waals surface area (Å²) in [5.41, 5.74) is 11.5. The zero-order valence-electron chi connectivity index (χ0n) is 10.9. The van der Waals surface area contributed by atoms with E-state index in [4.69, 9.17) is 5.73 Å². The van der Waals surface area contributed by atoms with Gasteiger partial charge in [-0.25, -0.2) is 0 Å². The zero-order chi connectivity index (χ0) is 13.9. The fourth-order valence-corrected chi connectivity index (χ4v) is 2.51. The van der Waals surface area contributed by atoms with Gasteiger partial charge in [-0.15, -0.1) is 0 Å². The zero-order valence-corrected chi connectivity index (χ0v) is 12.5. The second-order valence-electron chi connectivity index (χ2n) is 4.67. The Kier molecular flexibility index (Phi) is 3.57. The molecule has 1 nitrogen and oxygen atoms in total. The van der Waals surface area contributed by atoms with Gasteiger partial charge >= 0.3 is 0 Å². The molecule has 3 aromatic rings. The third kappa shape index (κ3) is 2.61. The Hall–Kier alpha value is -2.06. The first-order valence-electron chi connectivity index (χ1n) is 6.45. The highest BCUT2D eigenvalue weighted by Gasteiger charge is 2.05. The first-order valence-corrected chi connectivity index (χ1v) is 7.24. The van der Waals surface area contributed by atoms with Gasteiger partial charge in [-0.1, -0.05) is 64.5 Å². The van der Waals surface area contributed by atoms with Gasteiger partial charge < -0.3 is 5.73 Å². The molecule has 0 amide bonds. The van der Waals surface area contributed by atoms with Crippen LogP contribution in [0.2, 0.25) is 0 Å². The van der Waals surface area contributed by atoms with Crippen molar-refractivity contribution in [3.63, 3.8) is 0 Å². The predicted octanol–water partition coefficient (Wildman–Crippen LogP) is 5.37. The quantitative estimate of drug-likeness (QED) is 0.631. The van der Waals surface area contributed by atoms with Crippen molar-refractivity contribution in [1.82, 2.24) is 0 Å². The van der Waals surface area contributed by atoms with Gasteiger partial charge in [0, 0.05) is 15.7 Å². The van der Waals surface area contributed by atoms with Crippen LogP contribution >= 0.6 is 15.9 Å². The normalized spacial score (nSPS) is 10.4. The van der Waals surface area contributed by atoms with Crippen molar-refractivity contribution in [2.24, 2.45) is 0 Å². The molecule has 0 aliphatic carbocycles. The summed E-state index contributed by atoms with van der Waals surface area (Å²) in [6, 6.07) is 24.7. The largest absolute Gasteiger partial charge is 0.398 e. The van der Waals surface area contributed by atoms with E-state index in [-0.39, 0.29) is 0 Å². The Bertz CT molecular complexity index is 718. The number of anilines is 1. The number of rotatable bonds is 2. The van der Waals surface area contributed by atoms with Gasteiger partial charge in [0.2, 0.25) is 0 Å². The smallest absolute Gasteiger partial charge is 0.0394 e. The van der Waals surface area contributed by atoms with Crippen LogP contribution in [0.4, 0.5) is 5.69 Å². The van der Waals surface area contributed by atoms with Gasteiger partial charge in [-0.2, -0.15) is 0 Å². The molecule has 0 radical (unpaired) electrons. The average molecular weight is 324 g/mol. The molecule has 3 aromatic carbocycles. The van der Waals surface area contributed by atoms with Crippen molar-refractivity contribution in [3.05, 3.63) is 77.3 Å². The van der Waals surface area contributed by atoms with Crippen LogP contribution in [-0.4, -0.2) is 0 Å². The van der Waals surface area contributed by atoms with Crippen LogP contribution in [0.1, 0.15) is 0 Å². The molecule has 20 heavy (non-hydrogen) atoms. The molecule has 0 unspecified atom stereocenters. The number of benzene rings is 3. The number of hydrogen-bond donors (Lipinski definition) is 1. The highest BCUT2D eigenvalue weighted by atomic mass is 79.9. The van der Waals surface area contributed by atoms with Gasteiger partial charge in [0.1, 0.15) is 0 Å². The second kappa shape index (κ2) is 5.51. The Morgan fingerprint density at radius 2 is 1.30 bits per heavy atom. The minimum atomic E-state index is 0.798. The third-order valence-corrected chi connectivity index (χ3v) is 3.84. The van der Waals surface area contributed by atoms with Crippen LogP contribution in [0.15, 0.2) is 77.3 Å². The van der Waals surface area contributed by atoms with Crippen molar-refractivity contribution >= 4 is 21.6 Å². The number of nitrogens with two attached hydrogens (primary N) is 1. The van der Waals surface area contributed by atoms with Crippen molar-refractivity contribution in [1.29, 1.82) is 0 Å². The summed E-state index contributed by atoms with van der Waals surface area (Å²) in [6.45, 7) is 0. The Balaban J connectivity index is 2.10. The molecule has 0 heterocycles. The van der Waals surface area contributed by atoms with Gasteiger partial charge in [0.05, 0.1) is 0 Å². The molecule has 0 saturated heterocycles. The van der Waals surface area contributed by atoms with E-state index in [1.807, 2.05) is 36.4 Å². The van der Waals surface area contributed by atoms with E-state index in [1.165, 1.54) is 11.1 Å². The molecular weight excluding hydrogens is 310 g/mol. The van der Waals surface area contributed by atoms with Gasteiger partial charge in [0.25, 0.3) is 0 Å². The molecule has 0 bridgehead atoms. The van der Waals surface area contributed by atoms with Crippen LogP contribution in [-0.2, 0) is 0 Å². The van der Waals surface area contributed by atoms with E-state index in [9.17, 15) is 0 Å². The molecule has 0 aliphatic rings. The van der Waals surface area contributed by atoms with Gasteiger partial charge in [0.15, 0.2) is 0 Å². The lowest BCUT2D eigenvalue weighted by atomic mass is 9.98. The summed E-state index contributed by atoms with van der Waals surface area (Å²) in [7, 11) is 0. The predicted molar refractivity (Wildman–Crippen MR) is 89.4 cm³/mol. The van der Waals surface area contributed by atoms with Crippen LogP contribution < -0.4 is 5.73 Å². The first-order chi connectivity index (χ1) is 9.74. The maximum absolute atomic E-state index is 6.13. The Labute approximate surface area is 127 Å². The standard InChI is InChI=1S/C18H14BrN/c19-16-9-6-14(7-10-16)17-12-15(8-11-18(17)20)13-4-2-1-3-5-13/h1-12H,20H2. The summed E-state index contributed by atoms with van der Waals surface area (Å²) in [5.74, 6) is 0. The summed E-state index contributed by atoms with van der Waals surface area (Å²) < 4.78 is 1.07. The number of hydrogen-bond acceptors (Lipinski definition) is 1. The molecule has 3 rings (SSSR count). The van der Waals surface area contributed by atoms with Crippen LogP contribution in [0, 0.1) is 0 Å². The minimum Gasteiger partial charge on any atom is -0.398 e. The summed E-state index contributed by atoms with van der Waals surface area (Å²) in [5, 5.41) is 0. The van der Waals surface area contributed by atoms with Gasteiger partial charge in [-0.05, 0) is 41.0 Å². The maximum atomic E-state index is 6.13. The molecule has 0 atom stereocenters. The summed E-state index contributed by atoms with van der Waals surface area (Å²) >= 11 is 3.46. The molecule has 98 valence electrons. The van der Waals surface area contributed by atoms with Crippen molar-refractivity contribution in [2.45, 2.75) is 0 Å². The fourth-order valence-electron chi connectivity index (χ4n) is 2.25. The molecule has 0 spiro atoms. The summed E-state index contributed by atoms with van der Waals surface area (Å²) in [4.78, 5) is 0. The Morgan fingerprint density at radius 1 is 0.650 bits per heavy atom. The lowest BCUT2D eigenvalue weighted by Gasteiger charge is -2.09. The lowest BCUT2D eigenvalue weighted by Crippen LogP contribution is -1.91. The van der Waals surface area contributed by atoms with E-state index in [1.54, 1.807) is 0 Å². The van der Waals surface area contributed by atoms with Crippen LogP contribution in [0.3, 0.4) is 0 Å². The van der Waals surface area contributed by atoms with E-state index in [0.29, 0.717) is 0 Å². The molecule has 0 fully saturated rings. The second-order valence-corrected chi connectivity index (χ2v) is 5.59. The summed E-state index contributed by atoms with van der Waals surface area (Å²) in [6.07, 6.45) is 0. The van der Waals surface area contributed by atoms with Crippen LogP contribution in [0.5, 0.6) is 0 Å². The topological polar surface area (TPSA) is 26.0 Å². The van der Waals surface area contributed by atoms with E-state index < -0.39 is 0 Å². The van der Waals surface area contributed by atoms with Crippen molar-refractivity contribution in [2.75, 3.05) is 5.73 Å². The highest BCUT2D eigenvalue weighted by Crippen LogP contribution is 2.31. The van der Waals surface area contributed by atoms with Crippen molar-refractivity contribution in [3.8, 4) is 22.3 Å². The first kappa shape index (κ1) is 12.9. The SMILES string of the molecule is Nc1ccc(-c2ccccc2)cc1-c1ccc(Br)cc1. The molecular formula is C18H14BrN. The van der Waals surface area contributed by atoms with E-state index >= 15 is 0 Å². The van der Waals surface area contributed by atoms with Crippen LogP contribution in [0.25, 0.3) is 22.3 Å². The number of halogens is 1. The van der Waals surface area contributed by atoms with Gasteiger partial charge in [-0.3, -0.25) is 0 Å².